The molecular weight excluding hydrogens is 544 g/mol. The normalized spacial score (nSPS) is 12.2. The van der Waals surface area contributed by atoms with Gasteiger partial charge in [0.05, 0.1) is 0 Å². The maximum absolute atomic E-state index is 12.6. The predicted molar refractivity (Wildman–Crippen MR) is 184 cm³/mol. The van der Waals surface area contributed by atoms with Crippen LogP contribution in [0.1, 0.15) is 43.9 Å². The number of nitrogens with one attached hydrogen (secondary N) is 2. The highest BCUT2D eigenvalue weighted by molar-refractivity contribution is 5.96. The van der Waals surface area contributed by atoms with Gasteiger partial charge in [0.15, 0.2) is 0 Å². The van der Waals surface area contributed by atoms with Gasteiger partial charge in [-0.2, -0.15) is 0 Å². The van der Waals surface area contributed by atoms with Crippen molar-refractivity contribution < 1.29 is 9.53 Å². The van der Waals surface area contributed by atoms with Crippen molar-refractivity contribution in [2.24, 2.45) is 0 Å². The minimum atomic E-state index is -0.532. The topological polar surface area (TPSA) is 66.5 Å². The first-order valence-corrected chi connectivity index (χ1v) is 14.8. The minimum Gasteiger partial charge on any atom is -0.410 e. The molecule has 5 rings (SSSR count). The number of hydrogen-bond donors (Lipinski definition) is 2. The lowest BCUT2D eigenvalue weighted by Crippen LogP contribution is -2.16. The lowest BCUT2D eigenvalue weighted by Gasteiger charge is -2.21. The fourth-order valence-corrected chi connectivity index (χ4v) is 4.99. The quantitative estimate of drug-likeness (QED) is 0.181. The van der Waals surface area contributed by atoms with Crippen LogP contribution in [0.3, 0.4) is 0 Å². The third-order valence-electron chi connectivity index (χ3n) is 7.70. The first-order chi connectivity index (χ1) is 21.3. The lowest BCUT2D eigenvalue weighted by molar-refractivity contribution is 0.215. The number of fused-ring (bicyclic) bond motifs is 1. The summed E-state index contributed by atoms with van der Waals surface area (Å²) in [6, 6.07) is 34.1. The van der Waals surface area contributed by atoms with Crippen LogP contribution in [-0.4, -0.2) is 25.2 Å². The molecule has 0 radical (unpaired) electrons. The molecule has 0 spiro atoms. The van der Waals surface area contributed by atoms with Crippen LogP contribution in [0.25, 0.3) is 27.7 Å². The van der Waals surface area contributed by atoms with E-state index in [-0.39, 0.29) is 0 Å². The van der Waals surface area contributed by atoms with Gasteiger partial charge in [0, 0.05) is 54.8 Å². The number of aromatic nitrogens is 1. The van der Waals surface area contributed by atoms with E-state index in [1.165, 1.54) is 5.57 Å². The Kier molecular flexibility index (Phi) is 9.40. The van der Waals surface area contributed by atoms with Crippen molar-refractivity contribution in [2.45, 2.75) is 27.2 Å². The maximum Gasteiger partial charge on any atom is 0.417 e. The van der Waals surface area contributed by atoms with Crippen molar-refractivity contribution in [3.8, 4) is 5.75 Å². The largest absolute Gasteiger partial charge is 0.417 e. The van der Waals surface area contributed by atoms with Crippen LogP contribution in [0.4, 0.5) is 16.2 Å². The molecule has 2 N–H and O–H groups in total. The number of ether oxygens (including phenoxy) is 1. The summed E-state index contributed by atoms with van der Waals surface area (Å²) in [5.74, 6) is 0.478. The van der Waals surface area contributed by atoms with E-state index in [2.05, 4.69) is 78.9 Å². The lowest BCUT2D eigenvalue weighted by atomic mass is 9.97. The Morgan fingerprint density at radius 2 is 1.41 bits per heavy atom. The highest BCUT2D eigenvalue weighted by atomic mass is 16.6. The molecule has 44 heavy (non-hydrogen) atoms. The molecule has 222 valence electrons. The number of rotatable bonds is 9. The molecule has 0 fully saturated rings. The van der Waals surface area contributed by atoms with E-state index in [1.807, 2.05) is 92.1 Å². The van der Waals surface area contributed by atoms with Gasteiger partial charge < -0.3 is 15.0 Å². The molecule has 0 bridgehead atoms. The summed E-state index contributed by atoms with van der Waals surface area (Å²) in [5, 5.41) is 8.63. The SMILES string of the molecule is CC/C(C)=C(/N/C(=C(\C)c1ccc2cc(OC(=O)Nc3ccc(N(C)C)cc3)ccc2c1)c1ccncc1)c1ccccc1. The number of benzene rings is 4. The number of amides is 1. The molecule has 0 aliphatic heterocycles. The van der Waals surface area contributed by atoms with E-state index in [0.717, 1.165) is 56.5 Å². The monoisotopic (exact) mass is 582 g/mol. The Bertz CT molecular complexity index is 1810. The summed E-state index contributed by atoms with van der Waals surface area (Å²) in [7, 11) is 3.95. The second kappa shape index (κ2) is 13.7. The van der Waals surface area contributed by atoms with Crippen molar-refractivity contribution in [3.63, 3.8) is 0 Å². The summed E-state index contributed by atoms with van der Waals surface area (Å²) in [6.45, 7) is 6.49. The average molecular weight is 583 g/mol. The van der Waals surface area contributed by atoms with Crippen molar-refractivity contribution in [1.29, 1.82) is 0 Å². The van der Waals surface area contributed by atoms with Crippen molar-refractivity contribution in [3.05, 3.63) is 138 Å². The maximum atomic E-state index is 12.6. The van der Waals surface area contributed by atoms with E-state index < -0.39 is 6.09 Å². The molecule has 4 aromatic carbocycles. The molecular formula is C38H38N4O2. The zero-order valence-corrected chi connectivity index (χ0v) is 25.9. The van der Waals surface area contributed by atoms with Gasteiger partial charge in [0.25, 0.3) is 0 Å². The molecule has 0 unspecified atom stereocenters. The van der Waals surface area contributed by atoms with E-state index >= 15 is 0 Å². The third kappa shape index (κ3) is 7.16. The van der Waals surface area contributed by atoms with Gasteiger partial charge in [-0.25, -0.2) is 4.79 Å². The molecule has 0 saturated heterocycles. The molecule has 5 aromatic rings. The van der Waals surface area contributed by atoms with Gasteiger partial charge in [-0.05, 0) is 108 Å². The molecule has 6 heteroatoms. The highest BCUT2D eigenvalue weighted by Gasteiger charge is 2.14. The first kappa shape index (κ1) is 30.1. The van der Waals surface area contributed by atoms with Crippen LogP contribution >= 0.6 is 0 Å². The number of carbonyl (C=O) groups excluding carboxylic acids is 1. The second-order valence-electron chi connectivity index (χ2n) is 10.9. The first-order valence-electron chi connectivity index (χ1n) is 14.8. The van der Waals surface area contributed by atoms with Crippen LogP contribution in [0.15, 0.2) is 121 Å². The molecule has 1 heterocycles. The summed E-state index contributed by atoms with van der Waals surface area (Å²) in [4.78, 5) is 18.8. The molecule has 1 aromatic heterocycles. The van der Waals surface area contributed by atoms with Crippen LogP contribution < -0.4 is 20.3 Å². The van der Waals surface area contributed by atoms with Crippen molar-refractivity contribution in [2.75, 3.05) is 24.3 Å². The van der Waals surface area contributed by atoms with Gasteiger partial charge in [0.2, 0.25) is 0 Å². The standard InChI is InChI=1S/C38H38N4O2/c1-6-26(2)36(28-10-8-7-9-11-28)41-37(29-20-22-39-23-21-29)27(3)30-12-13-32-25-35(19-14-31(32)24-30)44-38(43)40-33-15-17-34(18-16-33)42(4)5/h7-25,41H,6H2,1-5H3,(H,40,43)/b36-26+,37-27+. The molecule has 6 nitrogen and oxygen atoms in total. The molecule has 0 aliphatic carbocycles. The minimum absolute atomic E-state index is 0.478. The zero-order valence-electron chi connectivity index (χ0n) is 25.9. The van der Waals surface area contributed by atoms with Crippen LogP contribution in [0.5, 0.6) is 5.75 Å². The Morgan fingerprint density at radius 1 is 0.750 bits per heavy atom. The Hall–Kier alpha value is -5.36. The molecule has 0 aliphatic rings. The van der Waals surface area contributed by atoms with Crippen LogP contribution in [-0.2, 0) is 0 Å². The van der Waals surface area contributed by atoms with Gasteiger partial charge in [-0.15, -0.1) is 0 Å². The molecule has 1 amide bonds. The molecule has 0 atom stereocenters. The summed E-state index contributed by atoms with van der Waals surface area (Å²) >= 11 is 0. The molecule has 0 saturated carbocycles. The summed E-state index contributed by atoms with van der Waals surface area (Å²) in [6.07, 6.45) is 4.04. The Labute approximate surface area is 259 Å². The number of allylic oxidation sites excluding steroid dienone is 2. The summed E-state index contributed by atoms with van der Waals surface area (Å²) < 4.78 is 5.61. The van der Waals surface area contributed by atoms with E-state index in [4.69, 9.17) is 4.74 Å². The summed E-state index contributed by atoms with van der Waals surface area (Å²) in [5.41, 5.74) is 9.52. The number of carbonyl (C=O) groups is 1. The smallest absolute Gasteiger partial charge is 0.410 e. The van der Waals surface area contributed by atoms with Gasteiger partial charge in [-0.1, -0.05) is 55.5 Å². The van der Waals surface area contributed by atoms with Gasteiger partial charge >= 0.3 is 6.09 Å². The zero-order chi connectivity index (χ0) is 31.1. The number of nitrogens with zero attached hydrogens (tertiary/aromatic N) is 2. The van der Waals surface area contributed by atoms with Crippen LogP contribution in [0.2, 0.25) is 0 Å². The van der Waals surface area contributed by atoms with Crippen molar-refractivity contribution >= 4 is 45.2 Å². The number of anilines is 2. The second-order valence-corrected chi connectivity index (χ2v) is 10.9. The number of hydrogen-bond acceptors (Lipinski definition) is 5. The van der Waals surface area contributed by atoms with E-state index in [9.17, 15) is 4.79 Å². The third-order valence-corrected chi connectivity index (χ3v) is 7.70. The fourth-order valence-electron chi connectivity index (χ4n) is 4.99. The van der Waals surface area contributed by atoms with Gasteiger partial charge in [-0.3, -0.25) is 10.3 Å². The van der Waals surface area contributed by atoms with E-state index in [1.54, 1.807) is 0 Å². The fraction of sp³-hybridized carbons (Fsp3) is 0.158. The predicted octanol–water partition coefficient (Wildman–Crippen LogP) is 9.23. The highest BCUT2D eigenvalue weighted by Crippen LogP contribution is 2.31. The Balaban J connectivity index is 1.42. The van der Waals surface area contributed by atoms with E-state index in [0.29, 0.717) is 11.4 Å². The van der Waals surface area contributed by atoms with Gasteiger partial charge in [0.1, 0.15) is 5.75 Å². The average Bonchev–Trinajstić information content (AvgIpc) is 3.05. The Morgan fingerprint density at radius 3 is 2.09 bits per heavy atom. The van der Waals surface area contributed by atoms with Crippen molar-refractivity contribution in [1.82, 2.24) is 10.3 Å². The van der Waals surface area contributed by atoms with Crippen LogP contribution in [0, 0.1) is 0 Å². The number of pyridine rings is 1.